The summed E-state index contributed by atoms with van der Waals surface area (Å²) in [5.74, 6) is -1.10. The van der Waals surface area contributed by atoms with Crippen LogP contribution in [0, 0.1) is 11.8 Å². The number of carbonyl (C=O) groups is 5. The first kappa shape index (κ1) is 27.7. The zero-order valence-corrected chi connectivity index (χ0v) is 23.9. The molecule has 0 aromatic heterocycles. The SMILES string of the molecule is O=C1CCC(N2C(=O)c3cccc(N4CCC(C5CCN(C(=O)c6c(Cl)cccc6Cl)CC5)CC4)c3C2=O)C(=O)N1. The van der Waals surface area contributed by atoms with Gasteiger partial charge >= 0.3 is 0 Å². The molecule has 41 heavy (non-hydrogen) atoms. The number of hydrogen-bond donors (Lipinski definition) is 1. The fraction of sp³-hybridized carbons (Fsp3) is 0.433. The first-order valence-corrected chi connectivity index (χ1v) is 14.8. The van der Waals surface area contributed by atoms with Gasteiger partial charge in [-0.3, -0.25) is 34.2 Å². The lowest BCUT2D eigenvalue weighted by molar-refractivity contribution is -0.136. The molecule has 2 aromatic carbocycles. The Morgan fingerprint density at radius 2 is 1.39 bits per heavy atom. The van der Waals surface area contributed by atoms with Crippen LogP contribution in [0.1, 0.15) is 69.6 Å². The zero-order chi connectivity index (χ0) is 28.8. The third-order valence-corrected chi connectivity index (χ3v) is 9.63. The van der Waals surface area contributed by atoms with Crippen molar-refractivity contribution >= 4 is 58.4 Å². The molecule has 0 bridgehead atoms. The van der Waals surface area contributed by atoms with Crippen molar-refractivity contribution in [3.05, 3.63) is 63.1 Å². The Morgan fingerprint density at radius 3 is 2.02 bits per heavy atom. The molecule has 9 nitrogen and oxygen atoms in total. The Bertz CT molecular complexity index is 1430. The van der Waals surface area contributed by atoms with E-state index in [2.05, 4.69) is 10.2 Å². The average Bonchev–Trinajstić information content (AvgIpc) is 3.22. The monoisotopic (exact) mass is 596 g/mol. The molecule has 4 aliphatic rings. The van der Waals surface area contributed by atoms with Gasteiger partial charge in [0.15, 0.2) is 0 Å². The second kappa shape index (κ2) is 11.1. The number of amides is 5. The number of fused-ring (bicyclic) bond motifs is 1. The molecule has 3 saturated heterocycles. The number of likely N-dealkylation sites (tertiary alicyclic amines) is 1. The van der Waals surface area contributed by atoms with Crippen LogP contribution >= 0.6 is 23.2 Å². The minimum atomic E-state index is -0.981. The van der Waals surface area contributed by atoms with Gasteiger partial charge < -0.3 is 9.80 Å². The number of halogens is 2. The highest BCUT2D eigenvalue weighted by Gasteiger charge is 2.46. The van der Waals surface area contributed by atoms with Crippen LogP contribution in [-0.2, 0) is 9.59 Å². The van der Waals surface area contributed by atoms with Crippen molar-refractivity contribution in [2.45, 2.75) is 44.6 Å². The zero-order valence-electron chi connectivity index (χ0n) is 22.4. The lowest BCUT2D eigenvalue weighted by Gasteiger charge is -2.41. The standard InChI is InChI=1S/C30H30Cl2N4O5/c31-20-4-2-5-21(32)26(20)29(40)35-15-11-18(12-16-35)17-9-13-34(14-10-17)22-6-1-3-19-25(22)30(41)36(28(19)39)23-7-8-24(37)33-27(23)38/h1-6,17-18,23H,7-16H2,(H,33,37,38). The summed E-state index contributed by atoms with van der Waals surface area (Å²) in [6.07, 6.45) is 3.92. The maximum Gasteiger partial charge on any atom is 0.264 e. The number of hydrogen-bond acceptors (Lipinski definition) is 6. The first-order chi connectivity index (χ1) is 19.7. The number of nitrogens with one attached hydrogen (secondary N) is 1. The van der Waals surface area contributed by atoms with Crippen molar-refractivity contribution in [1.29, 1.82) is 0 Å². The Hall–Kier alpha value is -3.43. The summed E-state index contributed by atoms with van der Waals surface area (Å²) in [6.45, 7) is 2.80. The lowest BCUT2D eigenvalue weighted by atomic mass is 9.78. The minimum Gasteiger partial charge on any atom is -0.371 e. The van der Waals surface area contributed by atoms with E-state index in [1.807, 2.05) is 11.0 Å². The van der Waals surface area contributed by atoms with Crippen LogP contribution in [-0.4, -0.2) is 71.6 Å². The Kier molecular flexibility index (Phi) is 7.50. The van der Waals surface area contributed by atoms with Gasteiger partial charge in [-0.15, -0.1) is 0 Å². The van der Waals surface area contributed by atoms with Crippen LogP contribution in [0.4, 0.5) is 5.69 Å². The number of benzene rings is 2. The lowest BCUT2D eigenvalue weighted by Crippen LogP contribution is -2.54. The average molecular weight is 597 g/mol. The van der Waals surface area contributed by atoms with E-state index in [1.54, 1.807) is 30.3 Å². The molecule has 0 aliphatic carbocycles. The molecule has 3 fully saturated rings. The molecular weight excluding hydrogens is 567 g/mol. The van der Waals surface area contributed by atoms with Gasteiger partial charge in [0.25, 0.3) is 17.7 Å². The second-order valence-corrected chi connectivity index (χ2v) is 12.0. The third-order valence-electron chi connectivity index (χ3n) is 9.00. The van der Waals surface area contributed by atoms with E-state index in [4.69, 9.17) is 23.2 Å². The predicted octanol–water partition coefficient (Wildman–Crippen LogP) is 4.16. The van der Waals surface area contributed by atoms with Crippen molar-refractivity contribution in [2.75, 3.05) is 31.1 Å². The molecule has 4 aliphatic heterocycles. The quantitative estimate of drug-likeness (QED) is 0.531. The van der Waals surface area contributed by atoms with E-state index in [0.29, 0.717) is 57.3 Å². The summed E-state index contributed by atoms with van der Waals surface area (Å²) >= 11 is 12.5. The highest BCUT2D eigenvalue weighted by atomic mass is 35.5. The Morgan fingerprint density at radius 1 is 0.780 bits per heavy atom. The molecule has 1 unspecified atom stereocenters. The molecule has 5 amide bonds. The fourth-order valence-electron chi connectivity index (χ4n) is 6.81. The number of anilines is 1. The molecule has 0 saturated carbocycles. The van der Waals surface area contributed by atoms with E-state index in [1.165, 1.54) is 0 Å². The fourth-order valence-corrected chi connectivity index (χ4v) is 7.37. The van der Waals surface area contributed by atoms with Crippen molar-refractivity contribution in [3.8, 4) is 0 Å². The molecule has 2 aromatic rings. The van der Waals surface area contributed by atoms with Gasteiger partial charge in [0.1, 0.15) is 6.04 Å². The van der Waals surface area contributed by atoms with E-state index >= 15 is 0 Å². The number of nitrogens with zero attached hydrogens (tertiary/aromatic N) is 3. The molecule has 6 rings (SSSR count). The summed E-state index contributed by atoms with van der Waals surface area (Å²) in [4.78, 5) is 68.8. The summed E-state index contributed by atoms with van der Waals surface area (Å²) < 4.78 is 0. The number of carbonyl (C=O) groups excluding carboxylic acids is 5. The number of imide groups is 2. The van der Waals surface area contributed by atoms with Gasteiger partial charge in [0.05, 0.1) is 32.4 Å². The van der Waals surface area contributed by atoms with Crippen molar-refractivity contribution < 1.29 is 24.0 Å². The summed E-state index contributed by atoms with van der Waals surface area (Å²) in [5, 5.41) is 2.97. The Labute approximate surface area is 247 Å². The van der Waals surface area contributed by atoms with Gasteiger partial charge in [0.2, 0.25) is 11.8 Å². The molecule has 0 radical (unpaired) electrons. The van der Waals surface area contributed by atoms with Crippen molar-refractivity contribution in [1.82, 2.24) is 15.1 Å². The van der Waals surface area contributed by atoms with Gasteiger partial charge in [-0.2, -0.15) is 0 Å². The number of rotatable bonds is 4. The third kappa shape index (κ3) is 4.99. The highest BCUT2D eigenvalue weighted by molar-refractivity contribution is 6.39. The molecule has 11 heteroatoms. The van der Waals surface area contributed by atoms with Crippen LogP contribution in [0.25, 0.3) is 0 Å². The highest BCUT2D eigenvalue weighted by Crippen LogP contribution is 2.39. The maximum absolute atomic E-state index is 13.5. The maximum atomic E-state index is 13.5. The summed E-state index contributed by atoms with van der Waals surface area (Å²) in [7, 11) is 0. The second-order valence-electron chi connectivity index (χ2n) is 11.2. The van der Waals surface area contributed by atoms with E-state index in [-0.39, 0.29) is 18.7 Å². The molecule has 4 heterocycles. The van der Waals surface area contributed by atoms with E-state index in [9.17, 15) is 24.0 Å². The van der Waals surface area contributed by atoms with Gasteiger partial charge in [-0.1, -0.05) is 35.3 Å². The first-order valence-electron chi connectivity index (χ1n) is 14.1. The van der Waals surface area contributed by atoms with Gasteiger partial charge in [-0.05, 0) is 68.2 Å². The molecule has 0 spiro atoms. The topological polar surface area (TPSA) is 107 Å². The summed E-state index contributed by atoms with van der Waals surface area (Å²) in [5.41, 5.74) is 1.72. The van der Waals surface area contributed by atoms with Crippen LogP contribution in [0.2, 0.25) is 10.0 Å². The predicted molar refractivity (Wildman–Crippen MR) is 153 cm³/mol. The van der Waals surface area contributed by atoms with Crippen LogP contribution in [0.3, 0.4) is 0 Å². The van der Waals surface area contributed by atoms with Crippen molar-refractivity contribution in [3.63, 3.8) is 0 Å². The molecule has 214 valence electrons. The Balaban J connectivity index is 1.09. The van der Waals surface area contributed by atoms with Gasteiger partial charge in [-0.25, -0.2) is 0 Å². The van der Waals surface area contributed by atoms with Crippen LogP contribution in [0.15, 0.2) is 36.4 Å². The largest absolute Gasteiger partial charge is 0.371 e. The molecule has 1 atom stereocenters. The minimum absolute atomic E-state index is 0.0883. The van der Waals surface area contributed by atoms with Crippen LogP contribution in [0.5, 0.6) is 0 Å². The van der Waals surface area contributed by atoms with Crippen LogP contribution < -0.4 is 10.2 Å². The molecule has 1 N–H and O–H groups in total. The van der Waals surface area contributed by atoms with E-state index in [0.717, 1.165) is 43.7 Å². The van der Waals surface area contributed by atoms with Gasteiger partial charge in [0, 0.05) is 32.6 Å². The number of piperidine rings is 3. The normalized spacial score (nSPS) is 22.3. The molecular formula is C30H30Cl2N4O5. The van der Waals surface area contributed by atoms with E-state index < -0.39 is 29.7 Å². The smallest absolute Gasteiger partial charge is 0.264 e. The summed E-state index contributed by atoms with van der Waals surface area (Å²) in [6, 6.07) is 9.37. The van der Waals surface area contributed by atoms with Crippen molar-refractivity contribution in [2.24, 2.45) is 11.8 Å².